The highest BCUT2D eigenvalue weighted by molar-refractivity contribution is 5.94. The number of guanidine groups is 1. The van der Waals surface area contributed by atoms with Crippen molar-refractivity contribution in [2.45, 2.75) is 49.9 Å². The van der Waals surface area contributed by atoms with E-state index in [0.717, 1.165) is 0 Å². The van der Waals surface area contributed by atoms with Gasteiger partial charge >= 0.3 is 5.97 Å². The van der Waals surface area contributed by atoms with Gasteiger partial charge in [-0.3, -0.25) is 19.4 Å². The average molecular weight is 572 g/mol. The molecule has 0 aliphatic carbocycles. The summed E-state index contributed by atoms with van der Waals surface area (Å²) in [4.78, 5) is 54.4. The van der Waals surface area contributed by atoms with Crippen LogP contribution >= 0.6 is 0 Å². The van der Waals surface area contributed by atoms with Crippen molar-refractivity contribution < 1.29 is 34.5 Å². The number of benzene rings is 2. The fourth-order valence-corrected chi connectivity index (χ4v) is 3.79. The van der Waals surface area contributed by atoms with E-state index in [1.165, 1.54) is 24.3 Å². The fraction of sp³-hybridized carbons (Fsp3) is 0.370. The number of aliphatic hydroxyl groups excluding tert-OH is 1. The van der Waals surface area contributed by atoms with Gasteiger partial charge in [-0.05, 0) is 36.1 Å². The summed E-state index contributed by atoms with van der Waals surface area (Å²) in [7, 11) is 0. The molecule has 3 amide bonds. The fourth-order valence-electron chi connectivity index (χ4n) is 3.79. The lowest BCUT2D eigenvalue weighted by Gasteiger charge is -2.24. The Balaban J connectivity index is 2.10. The molecule has 2 aromatic rings. The minimum Gasteiger partial charge on any atom is -0.508 e. The molecule has 0 aliphatic rings. The van der Waals surface area contributed by atoms with Gasteiger partial charge in [-0.25, -0.2) is 4.79 Å². The molecule has 4 atom stereocenters. The quantitative estimate of drug-likeness (QED) is 0.0613. The molecule has 14 nitrogen and oxygen atoms in total. The van der Waals surface area contributed by atoms with E-state index in [1.54, 1.807) is 30.3 Å². The number of nitrogens with two attached hydrogens (primary N) is 3. The monoisotopic (exact) mass is 571 g/mol. The Kier molecular flexibility index (Phi) is 13.0. The molecular weight excluding hydrogens is 534 g/mol. The number of carboxylic acid groups (broad SMARTS) is 1. The Morgan fingerprint density at radius 3 is 1.90 bits per heavy atom. The maximum absolute atomic E-state index is 13.2. The molecule has 2 aromatic carbocycles. The summed E-state index contributed by atoms with van der Waals surface area (Å²) in [6.07, 6.45) is 0.601. The summed E-state index contributed by atoms with van der Waals surface area (Å²) in [6, 6.07) is 9.54. The van der Waals surface area contributed by atoms with E-state index in [0.29, 0.717) is 17.5 Å². The van der Waals surface area contributed by atoms with Crippen LogP contribution in [0, 0.1) is 0 Å². The first-order valence-corrected chi connectivity index (χ1v) is 12.9. The van der Waals surface area contributed by atoms with Crippen molar-refractivity contribution in [2.75, 3.05) is 13.2 Å². The second-order valence-electron chi connectivity index (χ2n) is 9.32. The van der Waals surface area contributed by atoms with Crippen LogP contribution in [-0.2, 0) is 32.0 Å². The molecule has 14 heteroatoms. The van der Waals surface area contributed by atoms with Crippen molar-refractivity contribution in [3.8, 4) is 5.75 Å². The average Bonchev–Trinajstić information content (AvgIpc) is 2.94. The third kappa shape index (κ3) is 11.5. The number of aliphatic carboxylic acids is 1. The van der Waals surface area contributed by atoms with Gasteiger partial charge in [0.15, 0.2) is 5.96 Å². The van der Waals surface area contributed by atoms with Crippen molar-refractivity contribution in [3.63, 3.8) is 0 Å². The minimum absolute atomic E-state index is 0.00300. The van der Waals surface area contributed by atoms with E-state index in [4.69, 9.17) is 17.2 Å². The maximum atomic E-state index is 13.2. The molecule has 222 valence electrons. The molecule has 0 radical (unpaired) electrons. The van der Waals surface area contributed by atoms with E-state index in [1.807, 2.05) is 0 Å². The predicted molar refractivity (Wildman–Crippen MR) is 150 cm³/mol. The summed E-state index contributed by atoms with van der Waals surface area (Å²) in [6.45, 7) is -0.561. The summed E-state index contributed by atoms with van der Waals surface area (Å²) < 4.78 is 0. The van der Waals surface area contributed by atoms with Crippen molar-refractivity contribution in [2.24, 2.45) is 22.2 Å². The van der Waals surface area contributed by atoms with Gasteiger partial charge in [0.05, 0.1) is 12.6 Å². The van der Waals surface area contributed by atoms with Gasteiger partial charge in [-0.15, -0.1) is 0 Å². The predicted octanol–water partition coefficient (Wildman–Crippen LogP) is -1.91. The highest BCUT2D eigenvalue weighted by atomic mass is 16.4. The molecule has 2 rings (SSSR count). The SMILES string of the molecule is NC(N)=NCCCC(N)C(=O)NC(Cc1ccccc1)C(=O)NC(CO)C(=O)NC(Cc1ccc(O)cc1)C(=O)O. The first-order valence-electron chi connectivity index (χ1n) is 12.9. The van der Waals surface area contributed by atoms with E-state index in [9.17, 15) is 34.5 Å². The van der Waals surface area contributed by atoms with Crippen LogP contribution in [0.3, 0.4) is 0 Å². The number of amides is 3. The van der Waals surface area contributed by atoms with Crippen LogP contribution in [0.1, 0.15) is 24.0 Å². The molecule has 0 saturated heterocycles. The minimum atomic E-state index is -1.51. The van der Waals surface area contributed by atoms with Gasteiger partial charge in [0.1, 0.15) is 23.9 Å². The van der Waals surface area contributed by atoms with Crippen LogP contribution in [0.25, 0.3) is 0 Å². The summed E-state index contributed by atoms with van der Waals surface area (Å²) in [5, 5.41) is 36.1. The van der Waals surface area contributed by atoms with Gasteiger partial charge in [-0.2, -0.15) is 0 Å². The van der Waals surface area contributed by atoms with Crippen LogP contribution in [0.5, 0.6) is 5.75 Å². The highest BCUT2D eigenvalue weighted by Crippen LogP contribution is 2.12. The summed E-state index contributed by atoms with van der Waals surface area (Å²) in [5.41, 5.74) is 17.8. The first-order chi connectivity index (χ1) is 19.5. The number of carboxylic acids is 1. The molecule has 12 N–H and O–H groups in total. The zero-order chi connectivity index (χ0) is 30.4. The lowest BCUT2D eigenvalue weighted by Crippen LogP contribution is -2.58. The molecule has 0 fully saturated rings. The normalized spacial score (nSPS) is 13.6. The lowest BCUT2D eigenvalue weighted by atomic mass is 10.0. The second-order valence-corrected chi connectivity index (χ2v) is 9.32. The number of aromatic hydroxyl groups is 1. The van der Waals surface area contributed by atoms with Gasteiger partial charge in [-0.1, -0.05) is 42.5 Å². The third-order valence-electron chi connectivity index (χ3n) is 6.03. The van der Waals surface area contributed by atoms with Crippen molar-refractivity contribution in [1.82, 2.24) is 16.0 Å². The Hall–Kier alpha value is -4.69. The number of nitrogens with one attached hydrogen (secondary N) is 3. The van der Waals surface area contributed by atoms with Crippen molar-refractivity contribution in [1.29, 1.82) is 0 Å². The summed E-state index contributed by atoms with van der Waals surface area (Å²) in [5.74, 6) is -3.76. The first kappa shape index (κ1) is 32.5. The second kappa shape index (κ2) is 16.4. The van der Waals surface area contributed by atoms with Gasteiger partial charge in [0.2, 0.25) is 17.7 Å². The zero-order valence-corrected chi connectivity index (χ0v) is 22.4. The van der Waals surface area contributed by atoms with Crippen molar-refractivity contribution in [3.05, 3.63) is 65.7 Å². The number of nitrogens with zero attached hydrogens (tertiary/aromatic N) is 1. The van der Waals surface area contributed by atoms with Crippen LogP contribution < -0.4 is 33.2 Å². The van der Waals surface area contributed by atoms with E-state index in [-0.39, 0.29) is 37.5 Å². The number of phenolic OH excluding ortho intramolecular Hbond substituents is 1. The smallest absolute Gasteiger partial charge is 0.326 e. The van der Waals surface area contributed by atoms with E-state index in [2.05, 4.69) is 20.9 Å². The van der Waals surface area contributed by atoms with Gasteiger partial charge in [0.25, 0.3) is 0 Å². The topological polar surface area (TPSA) is 255 Å². The highest BCUT2D eigenvalue weighted by Gasteiger charge is 2.30. The molecule has 0 aromatic heterocycles. The van der Waals surface area contributed by atoms with E-state index < -0.39 is 54.5 Å². The molecule has 0 spiro atoms. The van der Waals surface area contributed by atoms with Gasteiger partial charge < -0.3 is 48.5 Å². The molecule has 0 bridgehead atoms. The number of carbonyl (C=O) groups is 4. The maximum Gasteiger partial charge on any atom is 0.326 e. The molecule has 41 heavy (non-hydrogen) atoms. The number of carbonyl (C=O) groups excluding carboxylic acids is 3. The lowest BCUT2D eigenvalue weighted by molar-refractivity contribution is -0.142. The Labute approximate surface area is 237 Å². The number of rotatable bonds is 16. The van der Waals surface area contributed by atoms with Crippen LogP contribution in [0.2, 0.25) is 0 Å². The molecule has 0 heterocycles. The Morgan fingerprint density at radius 1 is 0.780 bits per heavy atom. The van der Waals surface area contributed by atoms with Crippen LogP contribution in [-0.4, -0.2) is 82.3 Å². The Morgan fingerprint density at radius 2 is 1.32 bits per heavy atom. The molecule has 0 saturated carbocycles. The van der Waals surface area contributed by atoms with Gasteiger partial charge in [0, 0.05) is 19.4 Å². The third-order valence-corrected chi connectivity index (χ3v) is 6.03. The van der Waals surface area contributed by atoms with E-state index >= 15 is 0 Å². The molecule has 4 unspecified atom stereocenters. The van der Waals surface area contributed by atoms with Crippen LogP contribution in [0.4, 0.5) is 0 Å². The number of aliphatic hydroxyl groups is 1. The molecule has 0 aliphatic heterocycles. The summed E-state index contributed by atoms with van der Waals surface area (Å²) >= 11 is 0. The standard InChI is InChI=1S/C27H37N7O7/c28-19(7-4-12-31-27(29)30)23(37)32-20(13-16-5-2-1-3-6-16)24(38)34-22(15-35)25(39)33-21(26(40)41)14-17-8-10-18(36)11-9-17/h1-3,5-6,8-11,19-22,35-36H,4,7,12-15,28H2,(H,32,37)(H,33,39)(H,34,38)(H,40,41)(H4,29,30,31). The van der Waals surface area contributed by atoms with Crippen LogP contribution in [0.15, 0.2) is 59.6 Å². The molecular formula is C27H37N7O7. The number of hydrogen-bond donors (Lipinski definition) is 9. The van der Waals surface area contributed by atoms with Crippen molar-refractivity contribution >= 4 is 29.7 Å². The Bertz CT molecular complexity index is 1190. The number of aliphatic imine (C=N–C) groups is 1. The largest absolute Gasteiger partial charge is 0.508 e. The zero-order valence-electron chi connectivity index (χ0n) is 22.4. The number of hydrogen-bond acceptors (Lipinski definition) is 8. The number of phenols is 1.